The van der Waals surface area contributed by atoms with Gasteiger partial charge in [0, 0.05) is 31.7 Å². The zero-order chi connectivity index (χ0) is 13.2. The first-order chi connectivity index (χ1) is 9.26. The van der Waals surface area contributed by atoms with Crippen LogP contribution in [-0.4, -0.2) is 58.8 Å². The van der Waals surface area contributed by atoms with Crippen LogP contribution in [0.2, 0.25) is 0 Å². The van der Waals surface area contributed by atoms with Gasteiger partial charge in [-0.2, -0.15) is 0 Å². The van der Waals surface area contributed by atoms with Crippen LogP contribution in [0.5, 0.6) is 0 Å². The molecule has 2 fully saturated rings. The summed E-state index contributed by atoms with van der Waals surface area (Å²) in [5.41, 5.74) is 0. The van der Waals surface area contributed by atoms with Gasteiger partial charge in [0.2, 0.25) is 5.13 Å². The zero-order valence-electron chi connectivity index (χ0n) is 11.8. The molecule has 0 spiro atoms. The van der Waals surface area contributed by atoms with Crippen LogP contribution in [0.25, 0.3) is 0 Å². The Labute approximate surface area is 119 Å². The highest BCUT2D eigenvalue weighted by Crippen LogP contribution is 2.29. The molecule has 1 aromatic heterocycles. The van der Waals surface area contributed by atoms with Crippen LogP contribution in [0, 0.1) is 0 Å². The van der Waals surface area contributed by atoms with Crippen molar-refractivity contribution in [3.8, 4) is 0 Å². The van der Waals surface area contributed by atoms with Crippen molar-refractivity contribution >= 4 is 16.5 Å². The Hall–Kier alpha value is -0.720. The van der Waals surface area contributed by atoms with Gasteiger partial charge in [-0.1, -0.05) is 11.3 Å². The van der Waals surface area contributed by atoms with Gasteiger partial charge in [-0.3, -0.25) is 9.80 Å². The van der Waals surface area contributed by atoms with Crippen molar-refractivity contribution in [3.63, 3.8) is 0 Å². The first-order valence-corrected chi connectivity index (χ1v) is 8.08. The summed E-state index contributed by atoms with van der Waals surface area (Å²) in [5.74, 6) is 0. The maximum atomic E-state index is 4.29. The molecular weight excluding hydrogens is 258 g/mol. The average Bonchev–Trinajstić information content (AvgIpc) is 2.90. The molecule has 2 aliphatic heterocycles. The molecule has 0 radical (unpaired) electrons. The van der Waals surface area contributed by atoms with E-state index < -0.39 is 0 Å². The quantitative estimate of drug-likeness (QED) is 0.909. The summed E-state index contributed by atoms with van der Waals surface area (Å²) in [6, 6.07) is 1.55. The molecule has 3 rings (SSSR count). The number of rotatable bonds is 4. The number of likely N-dealkylation sites (N-methyl/N-ethyl adjacent to an activating group) is 1. The molecule has 5 nitrogen and oxygen atoms in total. The topological polar surface area (TPSA) is 44.3 Å². The highest BCUT2D eigenvalue weighted by atomic mass is 32.1. The van der Waals surface area contributed by atoms with Gasteiger partial charge in [-0.05, 0) is 33.2 Å². The van der Waals surface area contributed by atoms with E-state index >= 15 is 0 Å². The Kier molecular flexibility index (Phi) is 4.00. The number of hydrogen-bond donors (Lipinski definition) is 1. The van der Waals surface area contributed by atoms with Gasteiger partial charge in [0.05, 0.1) is 6.54 Å². The molecule has 2 bridgehead atoms. The lowest BCUT2D eigenvalue weighted by atomic mass is 10.1. The summed E-state index contributed by atoms with van der Waals surface area (Å²) in [6.45, 7) is 6.33. The summed E-state index contributed by atoms with van der Waals surface area (Å²) >= 11 is 1.69. The minimum absolute atomic E-state index is 0.744. The molecule has 2 aliphatic rings. The molecule has 2 unspecified atom stereocenters. The second-order valence-electron chi connectivity index (χ2n) is 5.61. The molecule has 0 saturated carbocycles. The summed E-state index contributed by atoms with van der Waals surface area (Å²) in [5, 5.41) is 13.8. The first-order valence-electron chi connectivity index (χ1n) is 7.26. The fraction of sp³-hybridized carbons (Fsp3) is 0.846. The summed E-state index contributed by atoms with van der Waals surface area (Å²) in [7, 11) is 2.29. The number of fused-ring (bicyclic) bond motifs is 2. The van der Waals surface area contributed by atoms with Gasteiger partial charge < -0.3 is 5.32 Å². The molecule has 3 heterocycles. The molecule has 2 saturated heterocycles. The highest BCUT2D eigenvalue weighted by molar-refractivity contribution is 7.15. The van der Waals surface area contributed by atoms with Gasteiger partial charge in [-0.25, -0.2) is 0 Å². The van der Waals surface area contributed by atoms with Crippen LogP contribution in [0.3, 0.4) is 0 Å². The Morgan fingerprint density at radius 2 is 2.11 bits per heavy atom. The molecule has 106 valence electrons. The number of aromatic nitrogens is 2. The van der Waals surface area contributed by atoms with E-state index in [2.05, 4.69) is 39.3 Å². The van der Waals surface area contributed by atoms with E-state index in [-0.39, 0.29) is 0 Å². The maximum absolute atomic E-state index is 4.29. The number of hydrogen-bond acceptors (Lipinski definition) is 6. The molecule has 6 heteroatoms. The van der Waals surface area contributed by atoms with Crippen molar-refractivity contribution in [2.24, 2.45) is 0 Å². The van der Waals surface area contributed by atoms with Gasteiger partial charge in [0.1, 0.15) is 5.01 Å². The van der Waals surface area contributed by atoms with Crippen molar-refractivity contribution < 1.29 is 0 Å². The summed E-state index contributed by atoms with van der Waals surface area (Å²) in [6.07, 6.45) is 4.04. The van der Waals surface area contributed by atoms with Crippen LogP contribution in [-0.2, 0) is 6.54 Å². The van der Waals surface area contributed by atoms with Crippen LogP contribution >= 0.6 is 11.3 Å². The van der Waals surface area contributed by atoms with E-state index in [1.165, 1.54) is 32.4 Å². The van der Waals surface area contributed by atoms with E-state index in [1.54, 1.807) is 11.3 Å². The second kappa shape index (κ2) is 5.73. The summed E-state index contributed by atoms with van der Waals surface area (Å²) < 4.78 is 0. The lowest BCUT2D eigenvalue weighted by Crippen LogP contribution is -2.36. The van der Waals surface area contributed by atoms with Crippen LogP contribution in [0.1, 0.15) is 31.2 Å². The minimum Gasteiger partial charge on any atom is -0.360 e. The number of nitrogens with one attached hydrogen (secondary N) is 1. The third-order valence-corrected chi connectivity index (χ3v) is 5.25. The average molecular weight is 281 g/mol. The van der Waals surface area contributed by atoms with Gasteiger partial charge in [-0.15, -0.1) is 10.2 Å². The largest absolute Gasteiger partial charge is 0.360 e. The minimum atomic E-state index is 0.744. The van der Waals surface area contributed by atoms with E-state index in [1.807, 2.05) is 0 Å². The molecule has 1 N–H and O–H groups in total. The van der Waals surface area contributed by atoms with Crippen LogP contribution in [0.4, 0.5) is 5.13 Å². The summed E-state index contributed by atoms with van der Waals surface area (Å²) in [4.78, 5) is 5.14. The van der Waals surface area contributed by atoms with Crippen LogP contribution in [0.15, 0.2) is 0 Å². The van der Waals surface area contributed by atoms with E-state index in [0.29, 0.717) is 0 Å². The maximum Gasteiger partial charge on any atom is 0.205 e. The molecule has 1 aromatic rings. The Balaban J connectivity index is 1.60. The first kappa shape index (κ1) is 13.3. The lowest BCUT2D eigenvalue weighted by molar-refractivity contribution is 0.214. The van der Waals surface area contributed by atoms with Crippen molar-refractivity contribution in [2.75, 3.05) is 32.0 Å². The number of anilines is 1. The normalized spacial score (nSPS) is 28.5. The van der Waals surface area contributed by atoms with Crippen molar-refractivity contribution in [2.45, 2.75) is 44.8 Å². The Morgan fingerprint density at radius 3 is 2.95 bits per heavy atom. The molecule has 2 atom stereocenters. The van der Waals surface area contributed by atoms with Crippen molar-refractivity contribution in [1.29, 1.82) is 0 Å². The van der Waals surface area contributed by atoms with Gasteiger partial charge in [0.15, 0.2) is 0 Å². The Bertz CT molecular complexity index is 421. The van der Waals surface area contributed by atoms with Crippen molar-refractivity contribution in [3.05, 3.63) is 5.01 Å². The lowest BCUT2D eigenvalue weighted by Gasteiger charge is -2.24. The molecular formula is C13H23N5S. The fourth-order valence-corrected chi connectivity index (χ4v) is 4.10. The smallest absolute Gasteiger partial charge is 0.205 e. The molecule has 0 aromatic carbocycles. The molecule has 0 amide bonds. The highest BCUT2D eigenvalue weighted by Gasteiger charge is 2.34. The standard InChI is InChI=1S/C13H23N5S/c1-3-14-13-16-15-12(19-13)9-18-7-6-10-4-5-11(8-18)17(10)2/h10-11H,3-9H2,1-2H3,(H,14,16). The fourth-order valence-electron chi connectivity index (χ4n) is 3.25. The van der Waals surface area contributed by atoms with Crippen LogP contribution < -0.4 is 5.32 Å². The predicted octanol–water partition coefficient (Wildman–Crippen LogP) is 1.64. The Morgan fingerprint density at radius 1 is 1.26 bits per heavy atom. The SMILES string of the molecule is CCNc1nnc(CN2CCC3CCC(C2)N3C)s1. The monoisotopic (exact) mass is 281 g/mol. The van der Waals surface area contributed by atoms with E-state index in [4.69, 9.17) is 0 Å². The van der Waals surface area contributed by atoms with E-state index in [9.17, 15) is 0 Å². The van der Waals surface area contributed by atoms with Gasteiger partial charge in [0.25, 0.3) is 0 Å². The zero-order valence-corrected chi connectivity index (χ0v) is 12.6. The second-order valence-corrected chi connectivity index (χ2v) is 6.67. The third kappa shape index (κ3) is 2.90. The predicted molar refractivity (Wildman–Crippen MR) is 78.5 cm³/mol. The number of likely N-dealkylation sites (tertiary alicyclic amines) is 1. The third-order valence-electron chi connectivity index (χ3n) is 4.39. The van der Waals surface area contributed by atoms with Gasteiger partial charge >= 0.3 is 0 Å². The number of nitrogens with zero attached hydrogens (tertiary/aromatic N) is 4. The van der Waals surface area contributed by atoms with Crippen molar-refractivity contribution in [1.82, 2.24) is 20.0 Å². The molecule has 0 aliphatic carbocycles. The molecule has 19 heavy (non-hydrogen) atoms. The van der Waals surface area contributed by atoms with E-state index in [0.717, 1.165) is 35.3 Å².